The van der Waals surface area contributed by atoms with Crippen molar-refractivity contribution in [3.05, 3.63) is 17.0 Å². The molecule has 0 saturated carbocycles. The maximum atomic E-state index is 12.2. The predicted octanol–water partition coefficient (Wildman–Crippen LogP) is 1.84. The van der Waals surface area contributed by atoms with Crippen molar-refractivity contribution in [2.75, 3.05) is 32.7 Å². The summed E-state index contributed by atoms with van der Waals surface area (Å²) >= 11 is 0. The minimum absolute atomic E-state index is 0.301. The fourth-order valence-electron chi connectivity index (χ4n) is 3.04. The highest BCUT2D eigenvalue weighted by atomic mass is 16.5. The first-order valence-electron chi connectivity index (χ1n) is 8.73. The van der Waals surface area contributed by atoms with E-state index in [0.29, 0.717) is 12.3 Å². The molecule has 2 heterocycles. The maximum absolute atomic E-state index is 12.2. The Labute approximate surface area is 139 Å². The quantitative estimate of drug-likeness (QED) is 0.739. The van der Waals surface area contributed by atoms with Crippen LogP contribution in [0.5, 0.6) is 0 Å². The SMILES string of the molecule is Cc1noc(C)c1CN1CCN(C(=O)CCCCCCN)CC1. The van der Waals surface area contributed by atoms with Gasteiger partial charge in [-0.05, 0) is 33.2 Å². The zero-order valence-electron chi connectivity index (χ0n) is 14.5. The maximum Gasteiger partial charge on any atom is 0.222 e. The summed E-state index contributed by atoms with van der Waals surface area (Å²) in [4.78, 5) is 16.6. The summed E-state index contributed by atoms with van der Waals surface area (Å²) in [5.74, 6) is 1.20. The van der Waals surface area contributed by atoms with Crippen molar-refractivity contribution in [2.24, 2.45) is 5.73 Å². The van der Waals surface area contributed by atoms with Gasteiger partial charge in [-0.1, -0.05) is 18.0 Å². The summed E-state index contributed by atoms with van der Waals surface area (Å²) in [6.07, 6.45) is 4.96. The molecule has 1 aliphatic heterocycles. The Kier molecular flexibility index (Phi) is 7.05. The van der Waals surface area contributed by atoms with E-state index in [1.54, 1.807) is 0 Å². The van der Waals surface area contributed by atoms with Gasteiger partial charge in [0.1, 0.15) is 5.76 Å². The second-order valence-electron chi connectivity index (χ2n) is 6.41. The second-order valence-corrected chi connectivity index (χ2v) is 6.41. The van der Waals surface area contributed by atoms with Crippen molar-refractivity contribution < 1.29 is 9.32 Å². The van der Waals surface area contributed by atoms with E-state index in [2.05, 4.69) is 10.1 Å². The van der Waals surface area contributed by atoms with E-state index < -0.39 is 0 Å². The summed E-state index contributed by atoms with van der Waals surface area (Å²) in [5.41, 5.74) is 7.63. The molecule has 1 aliphatic rings. The number of nitrogens with zero attached hydrogens (tertiary/aromatic N) is 3. The minimum atomic E-state index is 0.301. The molecule has 0 spiro atoms. The first-order chi connectivity index (χ1) is 11.1. The Balaban J connectivity index is 1.68. The smallest absolute Gasteiger partial charge is 0.222 e. The van der Waals surface area contributed by atoms with Gasteiger partial charge in [0.05, 0.1) is 5.69 Å². The number of aryl methyl sites for hydroxylation is 2. The average molecular weight is 322 g/mol. The molecule has 1 aromatic rings. The van der Waals surface area contributed by atoms with Crippen molar-refractivity contribution >= 4 is 5.91 Å². The molecule has 2 N–H and O–H groups in total. The first kappa shape index (κ1) is 17.9. The molecule has 23 heavy (non-hydrogen) atoms. The molecule has 1 amide bonds. The molecule has 1 fully saturated rings. The van der Waals surface area contributed by atoms with Crippen LogP contribution in [0.1, 0.15) is 49.1 Å². The van der Waals surface area contributed by atoms with Crippen molar-refractivity contribution in [3.8, 4) is 0 Å². The van der Waals surface area contributed by atoms with Crippen LogP contribution in [0.4, 0.5) is 0 Å². The van der Waals surface area contributed by atoms with Crippen molar-refractivity contribution in [2.45, 2.75) is 52.5 Å². The zero-order valence-corrected chi connectivity index (χ0v) is 14.5. The van der Waals surface area contributed by atoms with Gasteiger partial charge in [-0.15, -0.1) is 0 Å². The summed E-state index contributed by atoms with van der Waals surface area (Å²) in [5, 5.41) is 4.01. The molecule has 1 aromatic heterocycles. The Hall–Kier alpha value is -1.40. The van der Waals surface area contributed by atoms with Gasteiger partial charge in [-0.25, -0.2) is 0 Å². The number of carbonyl (C=O) groups is 1. The van der Waals surface area contributed by atoms with E-state index in [1.165, 1.54) is 5.56 Å². The number of piperazine rings is 1. The second kappa shape index (κ2) is 9.03. The standard InChI is InChI=1S/C17H30N4O2/c1-14-16(15(2)23-19-14)13-20-9-11-21(12-10-20)17(22)7-5-3-4-6-8-18/h3-13,18H2,1-2H3. The molecule has 0 unspecified atom stereocenters. The van der Waals surface area contributed by atoms with Crippen LogP contribution in [0, 0.1) is 13.8 Å². The van der Waals surface area contributed by atoms with Gasteiger partial charge < -0.3 is 15.2 Å². The first-order valence-corrected chi connectivity index (χ1v) is 8.73. The van der Waals surface area contributed by atoms with Crippen LogP contribution in [-0.2, 0) is 11.3 Å². The molecule has 0 aromatic carbocycles. The lowest BCUT2D eigenvalue weighted by molar-refractivity contribution is -0.133. The summed E-state index contributed by atoms with van der Waals surface area (Å²) in [7, 11) is 0. The van der Waals surface area contributed by atoms with Gasteiger partial charge in [-0.3, -0.25) is 9.69 Å². The molecule has 0 atom stereocenters. The number of aromatic nitrogens is 1. The van der Waals surface area contributed by atoms with Gasteiger partial charge >= 0.3 is 0 Å². The lowest BCUT2D eigenvalue weighted by Crippen LogP contribution is -2.48. The molecule has 2 rings (SSSR count). The number of amides is 1. The molecule has 130 valence electrons. The fraction of sp³-hybridized carbons (Fsp3) is 0.765. The van der Waals surface area contributed by atoms with E-state index >= 15 is 0 Å². The van der Waals surface area contributed by atoms with Gasteiger partial charge in [-0.2, -0.15) is 0 Å². The highest BCUT2D eigenvalue weighted by molar-refractivity contribution is 5.76. The molecule has 0 aliphatic carbocycles. The highest BCUT2D eigenvalue weighted by Gasteiger charge is 2.22. The van der Waals surface area contributed by atoms with E-state index in [9.17, 15) is 4.79 Å². The van der Waals surface area contributed by atoms with Crippen LogP contribution < -0.4 is 5.73 Å². The normalized spacial score (nSPS) is 16.0. The zero-order chi connectivity index (χ0) is 16.7. The lowest BCUT2D eigenvalue weighted by Gasteiger charge is -2.34. The van der Waals surface area contributed by atoms with Crippen LogP contribution in [-0.4, -0.2) is 53.6 Å². The van der Waals surface area contributed by atoms with Gasteiger partial charge in [0, 0.05) is 44.7 Å². The molecular formula is C17H30N4O2. The van der Waals surface area contributed by atoms with Gasteiger partial charge in [0.2, 0.25) is 5.91 Å². The molecule has 0 radical (unpaired) electrons. The number of unbranched alkanes of at least 4 members (excludes halogenated alkanes) is 3. The van der Waals surface area contributed by atoms with Gasteiger partial charge in [0.25, 0.3) is 0 Å². The third-order valence-electron chi connectivity index (χ3n) is 4.63. The molecule has 6 nitrogen and oxygen atoms in total. The highest BCUT2D eigenvalue weighted by Crippen LogP contribution is 2.16. The Morgan fingerprint density at radius 2 is 1.83 bits per heavy atom. The van der Waals surface area contributed by atoms with Crippen molar-refractivity contribution in [1.29, 1.82) is 0 Å². The van der Waals surface area contributed by atoms with Crippen LogP contribution >= 0.6 is 0 Å². The third kappa shape index (κ3) is 5.32. The summed E-state index contributed by atoms with van der Waals surface area (Å²) in [6, 6.07) is 0. The molecule has 6 heteroatoms. The Bertz CT molecular complexity index is 473. The Morgan fingerprint density at radius 3 is 2.43 bits per heavy atom. The summed E-state index contributed by atoms with van der Waals surface area (Å²) in [6.45, 7) is 9.04. The number of rotatable bonds is 8. The lowest BCUT2D eigenvalue weighted by atomic mass is 10.1. The van der Waals surface area contributed by atoms with E-state index in [4.69, 9.17) is 10.3 Å². The molecule has 1 saturated heterocycles. The third-order valence-corrected chi connectivity index (χ3v) is 4.63. The monoisotopic (exact) mass is 322 g/mol. The van der Waals surface area contributed by atoms with Crippen LogP contribution in [0.25, 0.3) is 0 Å². The van der Waals surface area contributed by atoms with Crippen molar-refractivity contribution in [3.63, 3.8) is 0 Å². The van der Waals surface area contributed by atoms with Crippen LogP contribution in [0.15, 0.2) is 4.52 Å². The summed E-state index contributed by atoms with van der Waals surface area (Å²) < 4.78 is 5.22. The van der Waals surface area contributed by atoms with E-state index in [1.807, 2.05) is 18.7 Å². The molecular weight excluding hydrogens is 292 g/mol. The van der Waals surface area contributed by atoms with Crippen LogP contribution in [0.3, 0.4) is 0 Å². The molecule has 0 bridgehead atoms. The largest absolute Gasteiger partial charge is 0.361 e. The van der Waals surface area contributed by atoms with E-state index in [-0.39, 0.29) is 0 Å². The minimum Gasteiger partial charge on any atom is -0.361 e. The van der Waals surface area contributed by atoms with Crippen molar-refractivity contribution in [1.82, 2.24) is 15.0 Å². The predicted molar refractivity (Wildman–Crippen MR) is 90.0 cm³/mol. The van der Waals surface area contributed by atoms with Crippen LogP contribution in [0.2, 0.25) is 0 Å². The topological polar surface area (TPSA) is 75.6 Å². The average Bonchev–Trinajstić information content (AvgIpc) is 2.87. The number of carbonyl (C=O) groups excluding carboxylic acids is 1. The Morgan fingerprint density at radius 1 is 1.13 bits per heavy atom. The number of hydrogen-bond donors (Lipinski definition) is 1. The number of hydrogen-bond acceptors (Lipinski definition) is 5. The fourth-order valence-corrected chi connectivity index (χ4v) is 3.04. The number of nitrogens with two attached hydrogens (primary N) is 1. The van der Waals surface area contributed by atoms with E-state index in [0.717, 1.165) is 76.4 Å². The van der Waals surface area contributed by atoms with Gasteiger partial charge in [0.15, 0.2) is 0 Å².